The third kappa shape index (κ3) is 3.70. The van der Waals surface area contributed by atoms with Gasteiger partial charge in [-0.05, 0) is 44.5 Å². The van der Waals surface area contributed by atoms with E-state index in [9.17, 15) is 14.0 Å². The molecule has 0 radical (unpaired) electrons. The number of nitrogens with zero attached hydrogens (tertiary/aromatic N) is 3. The molecule has 1 aliphatic heterocycles. The molecule has 1 saturated heterocycles. The first-order valence-electron chi connectivity index (χ1n) is 8.24. The summed E-state index contributed by atoms with van der Waals surface area (Å²) < 4.78 is 20.9. The Labute approximate surface area is 145 Å². The van der Waals surface area contributed by atoms with Crippen LogP contribution in [0.3, 0.4) is 0 Å². The highest BCUT2D eigenvalue weighted by Crippen LogP contribution is 2.24. The number of hydrogen-bond donors (Lipinski definition) is 0. The van der Waals surface area contributed by atoms with Gasteiger partial charge in [0.1, 0.15) is 12.4 Å². The number of anilines is 1. The lowest BCUT2D eigenvalue weighted by Gasteiger charge is -2.16. The average Bonchev–Trinajstić information content (AvgIpc) is 3.13. The van der Waals surface area contributed by atoms with Crippen LogP contribution in [0.2, 0.25) is 0 Å². The molecule has 6 nitrogen and oxygen atoms in total. The zero-order valence-corrected chi connectivity index (χ0v) is 14.3. The van der Waals surface area contributed by atoms with Gasteiger partial charge < -0.3 is 9.64 Å². The molecule has 3 rings (SSSR count). The van der Waals surface area contributed by atoms with Crippen LogP contribution in [0.1, 0.15) is 34.6 Å². The van der Waals surface area contributed by atoms with Gasteiger partial charge in [0.15, 0.2) is 0 Å². The predicted octanol–water partition coefficient (Wildman–Crippen LogP) is 2.62. The smallest absolute Gasteiger partial charge is 0.341 e. The summed E-state index contributed by atoms with van der Waals surface area (Å²) in [4.78, 5) is 25.6. The van der Waals surface area contributed by atoms with E-state index >= 15 is 0 Å². The first-order valence-corrected chi connectivity index (χ1v) is 8.24. The third-order valence-electron chi connectivity index (χ3n) is 4.19. The fraction of sp³-hybridized carbons (Fsp3) is 0.389. The van der Waals surface area contributed by atoms with Crippen LogP contribution in [-0.4, -0.2) is 34.8 Å². The molecular formula is C18H20FN3O3. The van der Waals surface area contributed by atoms with Crippen molar-refractivity contribution in [3.63, 3.8) is 0 Å². The first-order chi connectivity index (χ1) is 12.0. The second-order valence-corrected chi connectivity index (χ2v) is 6.10. The molecule has 1 aromatic heterocycles. The minimum atomic E-state index is -0.743. The molecule has 0 saturated carbocycles. The molecule has 1 aliphatic rings. The number of hydrogen-bond acceptors (Lipinski definition) is 4. The van der Waals surface area contributed by atoms with Gasteiger partial charge >= 0.3 is 5.97 Å². The normalized spacial score (nSPS) is 14.2. The lowest BCUT2D eigenvalue weighted by atomic mass is 10.1. The summed E-state index contributed by atoms with van der Waals surface area (Å²) in [5.41, 5.74) is 2.21. The summed E-state index contributed by atoms with van der Waals surface area (Å²) in [5, 5.41) is 4.28. The minimum absolute atomic E-state index is 0.0181. The van der Waals surface area contributed by atoms with Crippen molar-refractivity contribution in [2.75, 3.05) is 18.1 Å². The first kappa shape index (κ1) is 17.1. The van der Waals surface area contributed by atoms with E-state index in [0.29, 0.717) is 25.2 Å². The Hall–Kier alpha value is -2.70. The zero-order chi connectivity index (χ0) is 18.0. The summed E-state index contributed by atoms with van der Waals surface area (Å²) in [7, 11) is 0. The fourth-order valence-corrected chi connectivity index (χ4v) is 2.96. The lowest BCUT2D eigenvalue weighted by Crippen LogP contribution is -2.24. The van der Waals surface area contributed by atoms with Gasteiger partial charge in [-0.2, -0.15) is 5.10 Å². The Morgan fingerprint density at radius 2 is 2.12 bits per heavy atom. The molecule has 1 fully saturated rings. The largest absolute Gasteiger partial charge is 0.460 e. The Balaban J connectivity index is 1.67. The molecule has 2 aromatic rings. The summed E-state index contributed by atoms with van der Waals surface area (Å²) in [6, 6.07) is 6.01. The van der Waals surface area contributed by atoms with Crippen molar-refractivity contribution in [2.24, 2.45) is 0 Å². The van der Waals surface area contributed by atoms with Crippen LogP contribution in [0.5, 0.6) is 0 Å². The quantitative estimate of drug-likeness (QED) is 0.782. The summed E-state index contributed by atoms with van der Waals surface area (Å²) in [5.74, 6) is -1.42. The van der Waals surface area contributed by atoms with Crippen molar-refractivity contribution in [1.82, 2.24) is 9.78 Å². The van der Waals surface area contributed by atoms with E-state index in [1.807, 2.05) is 19.9 Å². The SMILES string of the molecule is Cc1cc(C)n(CCOC(=O)c2cc(N3CCCC3=O)ccc2F)n1. The molecule has 0 bridgehead atoms. The molecule has 2 heterocycles. The third-order valence-corrected chi connectivity index (χ3v) is 4.19. The number of ether oxygens (including phenoxy) is 1. The molecule has 0 N–H and O–H groups in total. The van der Waals surface area contributed by atoms with Crippen LogP contribution in [0, 0.1) is 19.7 Å². The molecule has 0 unspecified atom stereocenters. The van der Waals surface area contributed by atoms with Crippen LogP contribution in [-0.2, 0) is 16.1 Å². The van der Waals surface area contributed by atoms with Gasteiger partial charge in [-0.25, -0.2) is 9.18 Å². The van der Waals surface area contributed by atoms with Gasteiger partial charge in [-0.1, -0.05) is 0 Å². The maximum absolute atomic E-state index is 14.0. The Bertz CT molecular complexity index is 816. The van der Waals surface area contributed by atoms with Crippen molar-refractivity contribution < 1.29 is 18.7 Å². The number of halogens is 1. The number of aromatic nitrogens is 2. The topological polar surface area (TPSA) is 64.4 Å². The lowest BCUT2D eigenvalue weighted by molar-refractivity contribution is -0.117. The van der Waals surface area contributed by atoms with Gasteiger partial charge in [0, 0.05) is 24.3 Å². The Morgan fingerprint density at radius 1 is 1.32 bits per heavy atom. The minimum Gasteiger partial charge on any atom is -0.460 e. The van der Waals surface area contributed by atoms with Crippen LogP contribution < -0.4 is 4.90 Å². The molecule has 25 heavy (non-hydrogen) atoms. The second kappa shape index (κ2) is 7.04. The molecule has 0 spiro atoms. The standard InChI is InChI=1S/C18H20FN3O3/c1-12-10-13(2)22(20-12)8-9-25-18(24)15-11-14(5-6-16(15)19)21-7-3-4-17(21)23/h5-6,10-11H,3-4,7-9H2,1-2H3. The average molecular weight is 345 g/mol. The maximum Gasteiger partial charge on any atom is 0.341 e. The van der Waals surface area contributed by atoms with Gasteiger partial charge in [-0.3, -0.25) is 9.48 Å². The monoisotopic (exact) mass is 345 g/mol. The molecule has 132 valence electrons. The van der Waals surface area contributed by atoms with Crippen molar-refractivity contribution in [1.29, 1.82) is 0 Å². The summed E-state index contributed by atoms with van der Waals surface area (Å²) in [6.07, 6.45) is 1.23. The van der Waals surface area contributed by atoms with E-state index in [-0.39, 0.29) is 18.1 Å². The van der Waals surface area contributed by atoms with Crippen molar-refractivity contribution >= 4 is 17.6 Å². The predicted molar refractivity (Wildman–Crippen MR) is 90.0 cm³/mol. The van der Waals surface area contributed by atoms with Crippen molar-refractivity contribution in [3.05, 3.63) is 47.0 Å². The highest BCUT2D eigenvalue weighted by Gasteiger charge is 2.24. The van der Waals surface area contributed by atoms with Crippen LogP contribution in [0.25, 0.3) is 0 Å². The van der Waals surface area contributed by atoms with Crippen LogP contribution in [0.4, 0.5) is 10.1 Å². The number of benzene rings is 1. The zero-order valence-electron chi connectivity index (χ0n) is 14.3. The van der Waals surface area contributed by atoms with Crippen LogP contribution >= 0.6 is 0 Å². The van der Waals surface area contributed by atoms with Crippen molar-refractivity contribution in [3.8, 4) is 0 Å². The van der Waals surface area contributed by atoms with E-state index in [1.165, 1.54) is 18.2 Å². The number of carbonyl (C=O) groups is 2. The number of aryl methyl sites for hydroxylation is 2. The number of amides is 1. The highest BCUT2D eigenvalue weighted by molar-refractivity contribution is 5.97. The fourth-order valence-electron chi connectivity index (χ4n) is 2.96. The number of carbonyl (C=O) groups excluding carboxylic acids is 2. The van der Waals surface area contributed by atoms with E-state index in [4.69, 9.17) is 4.74 Å². The Morgan fingerprint density at radius 3 is 2.76 bits per heavy atom. The van der Waals surface area contributed by atoms with Gasteiger partial charge in [0.2, 0.25) is 5.91 Å². The molecule has 0 atom stereocenters. The van der Waals surface area contributed by atoms with Crippen molar-refractivity contribution in [2.45, 2.75) is 33.2 Å². The molecule has 0 aliphatic carbocycles. The van der Waals surface area contributed by atoms with Gasteiger partial charge in [0.05, 0.1) is 17.8 Å². The van der Waals surface area contributed by atoms with E-state index in [1.54, 1.807) is 9.58 Å². The maximum atomic E-state index is 14.0. The highest BCUT2D eigenvalue weighted by atomic mass is 19.1. The Kier molecular flexibility index (Phi) is 4.83. The van der Waals surface area contributed by atoms with E-state index in [2.05, 4.69) is 5.10 Å². The molecular weight excluding hydrogens is 325 g/mol. The number of esters is 1. The molecule has 1 amide bonds. The van der Waals surface area contributed by atoms with Crippen LogP contribution in [0.15, 0.2) is 24.3 Å². The van der Waals surface area contributed by atoms with E-state index < -0.39 is 11.8 Å². The number of rotatable bonds is 5. The van der Waals surface area contributed by atoms with Gasteiger partial charge in [0.25, 0.3) is 0 Å². The van der Waals surface area contributed by atoms with Gasteiger partial charge in [-0.15, -0.1) is 0 Å². The van der Waals surface area contributed by atoms with E-state index in [0.717, 1.165) is 17.8 Å². The summed E-state index contributed by atoms with van der Waals surface area (Å²) >= 11 is 0. The molecule has 1 aromatic carbocycles. The molecule has 7 heteroatoms. The second-order valence-electron chi connectivity index (χ2n) is 6.10. The summed E-state index contributed by atoms with van der Waals surface area (Å²) in [6.45, 7) is 4.87.